The molecule has 0 aliphatic carbocycles. The number of hydrogen-bond acceptors (Lipinski definition) is 5. The SMILES string of the molecule is CC(=O)NCCc1cccc2ccc(OCCCCOc3ccc4cccc(CCOC(N)=O)c4c3)cc12. The third-order valence-corrected chi connectivity index (χ3v) is 6.35. The van der Waals surface area contributed by atoms with Crippen molar-refractivity contribution in [2.45, 2.75) is 32.6 Å². The van der Waals surface area contributed by atoms with Gasteiger partial charge in [-0.15, -0.1) is 0 Å². The molecule has 4 rings (SSSR count). The van der Waals surface area contributed by atoms with Crippen molar-refractivity contribution in [1.82, 2.24) is 5.32 Å². The first-order valence-corrected chi connectivity index (χ1v) is 13.0. The first kappa shape index (κ1) is 26.8. The van der Waals surface area contributed by atoms with Gasteiger partial charge in [-0.2, -0.15) is 0 Å². The lowest BCUT2D eigenvalue weighted by atomic mass is 10.0. The second-order valence-electron chi connectivity index (χ2n) is 9.15. The normalized spacial score (nSPS) is 10.9. The van der Waals surface area contributed by atoms with E-state index in [4.69, 9.17) is 19.9 Å². The summed E-state index contributed by atoms with van der Waals surface area (Å²) >= 11 is 0. The van der Waals surface area contributed by atoms with Crippen LogP contribution in [0.5, 0.6) is 11.5 Å². The number of amides is 2. The van der Waals surface area contributed by atoms with Crippen LogP contribution in [-0.4, -0.2) is 38.4 Å². The number of rotatable bonds is 13. The quantitative estimate of drug-likeness (QED) is 0.228. The average molecular weight is 515 g/mol. The lowest BCUT2D eigenvalue weighted by Crippen LogP contribution is -2.22. The number of carbonyl (C=O) groups excluding carboxylic acids is 2. The van der Waals surface area contributed by atoms with E-state index in [9.17, 15) is 9.59 Å². The van der Waals surface area contributed by atoms with Crippen molar-refractivity contribution >= 4 is 33.5 Å². The number of unbranched alkanes of at least 4 members (excludes halogenated alkanes) is 1. The van der Waals surface area contributed by atoms with Gasteiger partial charge in [-0.25, -0.2) is 4.79 Å². The Kier molecular flexibility index (Phi) is 9.40. The first-order valence-electron chi connectivity index (χ1n) is 13.0. The van der Waals surface area contributed by atoms with Crippen LogP contribution in [0.25, 0.3) is 21.5 Å². The summed E-state index contributed by atoms with van der Waals surface area (Å²) in [5.41, 5.74) is 7.34. The molecule has 4 aromatic carbocycles. The van der Waals surface area contributed by atoms with Crippen LogP contribution in [0.15, 0.2) is 72.8 Å². The van der Waals surface area contributed by atoms with E-state index in [1.54, 1.807) is 0 Å². The van der Waals surface area contributed by atoms with Gasteiger partial charge in [0.2, 0.25) is 5.91 Å². The second-order valence-corrected chi connectivity index (χ2v) is 9.15. The molecule has 0 aliphatic rings. The van der Waals surface area contributed by atoms with Crippen molar-refractivity contribution in [3.63, 3.8) is 0 Å². The van der Waals surface area contributed by atoms with Gasteiger partial charge < -0.3 is 25.3 Å². The van der Waals surface area contributed by atoms with E-state index in [1.807, 2.05) is 48.5 Å². The summed E-state index contributed by atoms with van der Waals surface area (Å²) in [7, 11) is 0. The van der Waals surface area contributed by atoms with E-state index < -0.39 is 6.09 Å². The number of benzene rings is 4. The minimum Gasteiger partial charge on any atom is -0.494 e. The molecule has 2 amide bonds. The molecular formula is C31H34N2O5. The van der Waals surface area contributed by atoms with Crippen LogP contribution in [0.3, 0.4) is 0 Å². The van der Waals surface area contributed by atoms with E-state index in [-0.39, 0.29) is 12.5 Å². The average Bonchev–Trinajstić information content (AvgIpc) is 2.90. The van der Waals surface area contributed by atoms with E-state index in [1.165, 1.54) is 12.5 Å². The van der Waals surface area contributed by atoms with Crippen LogP contribution in [0, 0.1) is 0 Å². The highest BCUT2D eigenvalue weighted by molar-refractivity contribution is 5.88. The van der Waals surface area contributed by atoms with E-state index in [2.05, 4.69) is 29.6 Å². The summed E-state index contributed by atoms with van der Waals surface area (Å²) in [5, 5.41) is 7.35. The smallest absolute Gasteiger partial charge is 0.404 e. The van der Waals surface area contributed by atoms with Crippen molar-refractivity contribution in [3.8, 4) is 11.5 Å². The third-order valence-electron chi connectivity index (χ3n) is 6.35. The molecule has 0 atom stereocenters. The zero-order valence-electron chi connectivity index (χ0n) is 21.7. The van der Waals surface area contributed by atoms with Gasteiger partial charge in [0.15, 0.2) is 0 Å². The number of nitrogens with one attached hydrogen (secondary N) is 1. The lowest BCUT2D eigenvalue weighted by Gasteiger charge is -2.12. The van der Waals surface area contributed by atoms with Crippen LogP contribution in [0.2, 0.25) is 0 Å². The molecule has 0 saturated carbocycles. The summed E-state index contributed by atoms with van der Waals surface area (Å²) in [6.45, 7) is 3.58. The summed E-state index contributed by atoms with van der Waals surface area (Å²) in [5.74, 6) is 1.63. The monoisotopic (exact) mass is 514 g/mol. The molecule has 0 bridgehead atoms. The van der Waals surface area contributed by atoms with Gasteiger partial charge in [0.25, 0.3) is 0 Å². The van der Waals surface area contributed by atoms with Crippen LogP contribution in [0.1, 0.15) is 30.9 Å². The number of hydrogen-bond donors (Lipinski definition) is 2. The zero-order valence-corrected chi connectivity index (χ0v) is 21.7. The van der Waals surface area contributed by atoms with E-state index in [0.717, 1.165) is 57.9 Å². The van der Waals surface area contributed by atoms with Gasteiger partial charge in [0.05, 0.1) is 19.8 Å². The van der Waals surface area contributed by atoms with Crippen molar-refractivity contribution in [1.29, 1.82) is 0 Å². The molecule has 0 aromatic heterocycles. The summed E-state index contributed by atoms with van der Waals surface area (Å²) in [6.07, 6.45) is 2.33. The predicted octanol–water partition coefficient (Wildman–Crippen LogP) is 5.55. The van der Waals surface area contributed by atoms with Crippen molar-refractivity contribution < 1.29 is 23.8 Å². The van der Waals surface area contributed by atoms with Gasteiger partial charge in [-0.1, -0.05) is 48.5 Å². The van der Waals surface area contributed by atoms with E-state index >= 15 is 0 Å². The van der Waals surface area contributed by atoms with Gasteiger partial charge in [0, 0.05) is 19.9 Å². The fraction of sp³-hybridized carbons (Fsp3) is 0.290. The zero-order chi connectivity index (χ0) is 26.7. The standard InChI is InChI=1S/C31H34N2O5/c1-22(34)33-16-14-25-8-4-6-23-10-12-27(20-29(23)25)36-17-2-3-18-37-28-13-11-24-7-5-9-26(30(24)21-28)15-19-38-31(32)35/h4-13,20-21H,2-3,14-19H2,1H3,(H2,32,35)(H,33,34). The minimum atomic E-state index is -0.762. The van der Waals surface area contributed by atoms with Crippen LogP contribution in [0.4, 0.5) is 4.79 Å². The molecule has 0 saturated heterocycles. The lowest BCUT2D eigenvalue weighted by molar-refractivity contribution is -0.118. The first-order chi connectivity index (χ1) is 18.5. The van der Waals surface area contributed by atoms with Gasteiger partial charge in [-0.3, -0.25) is 4.79 Å². The topological polar surface area (TPSA) is 99.9 Å². The van der Waals surface area contributed by atoms with Crippen molar-refractivity contribution in [2.24, 2.45) is 5.73 Å². The molecule has 3 N–H and O–H groups in total. The van der Waals surface area contributed by atoms with Crippen LogP contribution >= 0.6 is 0 Å². The predicted molar refractivity (Wildman–Crippen MR) is 150 cm³/mol. The summed E-state index contributed by atoms with van der Waals surface area (Å²) < 4.78 is 16.9. The molecule has 0 spiro atoms. The Morgan fingerprint density at radius 3 is 1.82 bits per heavy atom. The van der Waals surface area contributed by atoms with Gasteiger partial charge in [-0.05, 0) is 76.2 Å². The summed E-state index contributed by atoms with van der Waals surface area (Å²) in [6, 6.07) is 24.5. The molecule has 4 aromatic rings. The maximum Gasteiger partial charge on any atom is 0.404 e. The Balaban J connectivity index is 1.25. The number of fused-ring (bicyclic) bond motifs is 2. The third kappa shape index (κ3) is 7.62. The fourth-order valence-electron chi connectivity index (χ4n) is 4.47. The van der Waals surface area contributed by atoms with Crippen molar-refractivity contribution in [3.05, 3.63) is 83.9 Å². The minimum absolute atomic E-state index is 0.0178. The molecule has 0 aliphatic heterocycles. The summed E-state index contributed by atoms with van der Waals surface area (Å²) in [4.78, 5) is 22.0. The van der Waals surface area contributed by atoms with Gasteiger partial charge >= 0.3 is 6.09 Å². The Labute approximate surface area is 222 Å². The molecule has 38 heavy (non-hydrogen) atoms. The second kappa shape index (κ2) is 13.3. The van der Waals surface area contributed by atoms with Crippen LogP contribution < -0.4 is 20.5 Å². The molecule has 7 nitrogen and oxygen atoms in total. The van der Waals surface area contributed by atoms with Crippen molar-refractivity contribution in [2.75, 3.05) is 26.4 Å². The fourth-order valence-corrected chi connectivity index (χ4v) is 4.47. The highest BCUT2D eigenvalue weighted by atomic mass is 16.5. The molecule has 0 radical (unpaired) electrons. The van der Waals surface area contributed by atoms with Crippen LogP contribution in [-0.2, 0) is 22.4 Å². The Bertz CT molecular complexity index is 1290. The maximum atomic E-state index is 11.2. The number of carbonyl (C=O) groups is 2. The molecule has 0 heterocycles. The Morgan fingerprint density at radius 1 is 0.737 bits per heavy atom. The maximum absolute atomic E-state index is 11.2. The molecule has 0 unspecified atom stereocenters. The highest BCUT2D eigenvalue weighted by Gasteiger charge is 2.06. The highest BCUT2D eigenvalue weighted by Crippen LogP contribution is 2.26. The number of primary amides is 1. The van der Waals surface area contributed by atoms with E-state index in [0.29, 0.717) is 26.2 Å². The molecular weight excluding hydrogens is 480 g/mol. The van der Waals surface area contributed by atoms with Gasteiger partial charge in [0.1, 0.15) is 11.5 Å². The Morgan fingerprint density at radius 2 is 1.29 bits per heavy atom. The molecule has 198 valence electrons. The molecule has 7 heteroatoms. The Hall–Kier alpha value is -4.26. The largest absolute Gasteiger partial charge is 0.494 e. The number of ether oxygens (including phenoxy) is 3. The number of nitrogens with two attached hydrogens (primary N) is 1. The molecule has 0 fully saturated rings.